The molecule has 1 aromatic heterocycles. The lowest BCUT2D eigenvalue weighted by molar-refractivity contribution is -0.130. The number of aliphatic imine (C=N–C) groups is 1. The van der Waals surface area contributed by atoms with E-state index < -0.39 is 5.54 Å². The van der Waals surface area contributed by atoms with E-state index in [0.29, 0.717) is 21.2 Å². The van der Waals surface area contributed by atoms with E-state index in [1.165, 1.54) is 23.5 Å². The number of benzene rings is 1. The molecule has 0 fully saturated rings. The highest BCUT2D eigenvalue weighted by Gasteiger charge is 2.45. The van der Waals surface area contributed by atoms with Crippen molar-refractivity contribution in [3.05, 3.63) is 48.4 Å². The van der Waals surface area contributed by atoms with Gasteiger partial charge in [-0.25, -0.2) is 9.37 Å². The molecule has 1 unspecified atom stereocenters. The van der Waals surface area contributed by atoms with Crippen LogP contribution in [0.2, 0.25) is 0 Å². The van der Waals surface area contributed by atoms with Crippen molar-refractivity contribution in [1.29, 1.82) is 0 Å². The van der Waals surface area contributed by atoms with Gasteiger partial charge < -0.3 is 4.90 Å². The average Bonchev–Trinajstić information content (AvgIpc) is 2.96. The van der Waals surface area contributed by atoms with Crippen molar-refractivity contribution in [2.45, 2.75) is 18.9 Å². The minimum absolute atomic E-state index is 0.0416. The van der Waals surface area contributed by atoms with Gasteiger partial charge in [0.1, 0.15) is 17.2 Å². The molecule has 2 amide bonds. The Balaban J connectivity index is 1.65. The normalized spacial score (nSPS) is 22.1. The van der Waals surface area contributed by atoms with E-state index in [1.54, 1.807) is 42.3 Å². The summed E-state index contributed by atoms with van der Waals surface area (Å²) in [6.07, 6.45) is 6.90. The summed E-state index contributed by atoms with van der Waals surface area (Å²) < 4.78 is 14.0. The lowest BCUT2D eigenvalue weighted by atomic mass is 9.91. The number of thiazole rings is 1. The van der Waals surface area contributed by atoms with Crippen molar-refractivity contribution < 1.29 is 14.0 Å². The molecule has 0 spiro atoms. The summed E-state index contributed by atoms with van der Waals surface area (Å²) >= 11 is 1.18. The number of fused-ring (bicyclic) bond motifs is 2. The highest BCUT2D eigenvalue weighted by molar-refractivity contribution is 7.22. The summed E-state index contributed by atoms with van der Waals surface area (Å²) in [5.74, 6) is -0.643. The fourth-order valence-electron chi connectivity index (χ4n) is 2.86. The van der Waals surface area contributed by atoms with Crippen LogP contribution in [0.4, 0.5) is 9.52 Å². The van der Waals surface area contributed by atoms with E-state index in [2.05, 4.69) is 15.3 Å². The molecule has 25 heavy (non-hydrogen) atoms. The molecule has 3 heterocycles. The highest BCUT2D eigenvalue weighted by Crippen LogP contribution is 2.31. The van der Waals surface area contributed by atoms with Crippen molar-refractivity contribution in [1.82, 2.24) is 9.88 Å². The van der Waals surface area contributed by atoms with Crippen LogP contribution >= 0.6 is 11.3 Å². The monoisotopic (exact) mass is 356 g/mol. The summed E-state index contributed by atoms with van der Waals surface area (Å²) in [6, 6.07) is 4.26. The van der Waals surface area contributed by atoms with Crippen LogP contribution in [0.25, 0.3) is 10.2 Å². The quantitative estimate of drug-likeness (QED) is 0.898. The fraction of sp³-hybridized carbons (Fsp3) is 0.176. The summed E-state index contributed by atoms with van der Waals surface area (Å²) in [6.45, 7) is 1.69. The Labute approximate surface area is 146 Å². The van der Waals surface area contributed by atoms with Crippen molar-refractivity contribution in [3.63, 3.8) is 0 Å². The van der Waals surface area contributed by atoms with Crippen LogP contribution in [0, 0.1) is 5.82 Å². The van der Waals surface area contributed by atoms with Gasteiger partial charge in [0, 0.05) is 6.20 Å². The zero-order valence-electron chi connectivity index (χ0n) is 13.2. The second-order valence-corrected chi connectivity index (χ2v) is 7.00. The van der Waals surface area contributed by atoms with Gasteiger partial charge in [0.25, 0.3) is 11.8 Å². The van der Waals surface area contributed by atoms with Gasteiger partial charge >= 0.3 is 0 Å². The number of amides is 2. The number of allylic oxidation sites excluding steroid dienone is 2. The molecule has 4 rings (SSSR count). The molecule has 2 aliphatic heterocycles. The number of hydrogen-bond acceptors (Lipinski definition) is 5. The molecule has 126 valence electrons. The second-order valence-electron chi connectivity index (χ2n) is 5.97. The molecule has 2 aromatic rings. The number of nitrogens with one attached hydrogen (secondary N) is 1. The van der Waals surface area contributed by atoms with Crippen LogP contribution in [0.15, 0.2) is 47.6 Å². The summed E-state index contributed by atoms with van der Waals surface area (Å²) in [7, 11) is 0. The van der Waals surface area contributed by atoms with E-state index in [4.69, 9.17) is 0 Å². The maximum Gasteiger partial charge on any atom is 0.252 e. The molecule has 0 bridgehead atoms. The van der Waals surface area contributed by atoms with Crippen LogP contribution < -0.4 is 5.32 Å². The Hall–Kier alpha value is -2.87. The molecule has 0 saturated carbocycles. The topological polar surface area (TPSA) is 74.7 Å². The van der Waals surface area contributed by atoms with Gasteiger partial charge in [-0.15, -0.1) is 0 Å². The Morgan fingerprint density at radius 2 is 2.24 bits per heavy atom. The number of carbonyl (C=O) groups is 2. The van der Waals surface area contributed by atoms with Crippen molar-refractivity contribution in [2.24, 2.45) is 4.99 Å². The van der Waals surface area contributed by atoms with Crippen molar-refractivity contribution in [3.8, 4) is 0 Å². The van der Waals surface area contributed by atoms with Gasteiger partial charge in [0.2, 0.25) is 0 Å². The molecular weight excluding hydrogens is 343 g/mol. The summed E-state index contributed by atoms with van der Waals surface area (Å²) in [5, 5.41) is 3.11. The van der Waals surface area contributed by atoms with Crippen LogP contribution in [0.3, 0.4) is 0 Å². The van der Waals surface area contributed by atoms with Crippen LogP contribution in [0.5, 0.6) is 0 Å². The lowest BCUT2D eigenvalue weighted by Crippen LogP contribution is -2.58. The number of halogens is 1. The maximum absolute atomic E-state index is 13.3. The molecule has 2 aliphatic rings. The lowest BCUT2D eigenvalue weighted by Gasteiger charge is -2.41. The zero-order chi connectivity index (χ0) is 17.6. The molecule has 6 nitrogen and oxygen atoms in total. The zero-order valence-corrected chi connectivity index (χ0v) is 14.0. The molecule has 0 aliphatic carbocycles. The standard InChI is InChI=1S/C17H13FN4O2S/c1-17(9-14(23)20-13-4-2-3-7-22(13)17)15(24)21-16-19-11-6-5-10(18)8-12(11)25-16/h2-8H,9H2,1H3,(H,19,21,24). The molecule has 1 aromatic carbocycles. The Morgan fingerprint density at radius 1 is 1.40 bits per heavy atom. The van der Waals surface area contributed by atoms with Gasteiger partial charge in [-0.3, -0.25) is 14.9 Å². The van der Waals surface area contributed by atoms with E-state index in [1.807, 2.05) is 0 Å². The smallest absolute Gasteiger partial charge is 0.252 e. The Kier molecular flexibility index (Phi) is 3.50. The third kappa shape index (κ3) is 2.64. The predicted octanol–water partition coefficient (Wildman–Crippen LogP) is 2.85. The van der Waals surface area contributed by atoms with Crippen molar-refractivity contribution in [2.75, 3.05) is 5.32 Å². The van der Waals surface area contributed by atoms with Gasteiger partial charge in [-0.2, -0.15) is 4.99 Å². The minimum Gasteiger partial charge on any atom is -0.317 e. The number of amidine groups is 1. The highest BCUT2D eigenvalue weighted by atomic mass is 32.1. The first-order chi connectivity index (χ1) is 12.0. The van der Waals surface area contributed by atoms with Crippen molar-refractivity contribution >= 4 is 44.3 Å². The van der Waals surface area contributed by atoms with Gasteiger partial charge in [0.05, 0.1) is 16.6 Å². The molecule has 0 saturated heterocycles. The first-order valence-electron chi connectivity index (χ1n) is 7.59. The molecule has 8 heteroatoms. The van der Waals surface area contributed by atoms with Crippen LogP contribution in [-0.2, 0) is 9.59 Å². The maximum atomic E-state index is 13.3. The minimum atomic E-state index is -1.11. The molecule has 0 radical (unpaired) electrons. The van der Waals surface area contributed by atoms with Gasteiger partial charge in [0.15, 0.2) is 5.13 Å². The van der Waals surface area contributed by atoms with E-state index >= 15 is 0 Å². The number of nitrogens with zero attached hydrogens (tertiary/aromatic N) is 3. The first-order valence-corrected chi connectivity index (χ1v) is 8.41. The third-order valence-corrected chi connectivity index (χ3v) is 5.10. The molecular formula is C17H13FN4O2S. The Morgan fingerprint density at radius 3 is 3.08 bits per heavy atom. The average molecular weight is 356 g/mol. The van der Waals surface area contributed by atoms with E-state index in [0.717, 1.165) is 0 Å². The van der Waals surface area contributed by atoms with Crippen LogP contribution in [0.1, 0.15) is 13.3 Å². The molecule has 1 N–H and O–H groups in total. The molecule has 1 atom stereocenters. The largest absolute Gasteiger partial charge is 0.317 e. The number of anilines is 1. The van der Waals surface area contributed by atoms with E-state index in [-0.39, 0.29) is 24.1 Å². The summed E-state index contributed by atoms with van der Waals surface area (Å²) in [5.41, 5.74) is -0.506. The SMILES string of the molecule is CC1(C(=O)Nc2nc3ccc(F)cc3s2)CC(=O)N=C2C=CC=CN21. The van der Waals surface area contributed by atoms with Crippen LogP contribution in [-0.4, -0.2) is 33.1 Å². The number of carbonyl (C=O) groups excluding carboxylic acids is 2. The fourth-order valence-corrected chi connectivity index (χ4v) is 3.75. The number of hydrogen-bond donors (Lipinski definition) is 1. The third-order valence-electron chi connectivity index (χ3n) is 4.16. The summed E-state index contributed by atoms with van der Waals surface area (Å²) in [4.78, 5) is 34.8. The number of rotatable bonds is 2. The predicted molar refractivity (Wildman–Crippen MR) is 93.8 cm³/mol. The van der Waals surface area contributed by atoms with E-state index in [9.17, 15) is 14.0 Å². The van der Waals surface area contributed by atoms with Gasteiger partial charge in [-0.1, -0.05) is 17.4 Å². The Bertz CT molecular complexity index is 994. The van der Waals surface area contributed by atoms with Gasteiger partial charge in [-0.05, 0) is 37.3 Å². The second kappa shape index (κ2) is 5.59. The first kappa shape index (κ1) is 15.6. The number of aromatic nitrogens is 1.